The molecule has 0 aliphatic rings. The van der Waals surface area contributed by atoms with Crippen molar-refractivity contribution in [1.82, 2.24) is 24.8 Å². The van der Waals surface area contributed by atoms with Crippen LogP contribution in [0, 0.1) is 6.92 Å². The van der Waals surface area contributed by atoms with Crippen molar-refractivity contribution < 1.29 is 17.6 Å². The van der Waals surface area contributed by atoms with Crippen molar-refractivity contribution in [2.75, 3.05) is 0 Å². The molecule has 0 saturated heterocycles. The van der Waals surface area contributed by atoms with Gasteiger partial charge in [0.25, 0.3) is 5.89 Å². The molecule has 6 nitrogen and oxygen atoms in total. The fourth-order valence-corrected chi connectivity index (χ4v) is 2.44. The van der Waals surface area contributed by atoms with E-state index in [9.17, 15) is 13.2 Å². The summed E-state index contributed by atoms with van der Waals surface area (Å²) in [5, 5.41) is 11.4. The minimum absolute atomic E-state index is 0.0392. The summed E-state index contributed by atoms with van der Waals surface area (Å²) in [6.07, 6.45) is -4.60. The number of fused-ring (bicyclic) bond motifs is 1. The van der Waals surface area contributed by atoms with E-state index >= 15 is 0 Å². The van der Waals surface area contributed by atoms with Gasteiger partial charge in [-0.05, 0) is 6.07 Å². The van der Waals surface area contributed by atoms with Gasteiger partial charge in [0.1, 0.15) is 0 Å². The lowest BCUT2D eigenvalue weighted by molar-refractivity contribution is -0.142. The molecule has 1 aromatic carbocycles. The topological polar surface area (TPSA) is 69.1 Å². The van der Waals surface area contributed by atoms with Gasteiger partial charge in [0, 0.05) is 18.6 Å². The molecule has 0 atom stereocenters. The van der Waals surface area contributed by atoms with Gasteiger partial charge < -0.3 is 4.42 Å². The molecule has 0 saturated carbocycles. The van der Waals surface area contributed by atoms with Gasteiger partial charge in [-0.25, -0.2) is 9.50 Å². The molecule has 0 fully saturated rings. The molecule has 126 valence electrons. The van der Waals surface area contributed by atoms with Gasteiger partial charge in [-0.3, -0.25) is 0 Å². The maximum Gasteiger partial charge on any atom is 0.433 e. The first-order valence-electron chi connectivity index (χ1n) is 7.26. The van der Waals surface area contributed by atoms with Crippen molar-refractivity contribution in [2.45, 2.75) is 13.1 Å². The summed E-state index contributed by atoms with van der Waals surface area (Å²) in [7, 11) is 0. The Kier molecular flexibility index (Phi) is 3.31. The molecule has 0 amide bonds. The average molecular weight is 345 g/mol. The number of alkyl halides is 3. The zero-order chi connectivity index (χ0) is 17.6. The molecule has 0 aliphatic carbocycles. The lowest BCUT2D eigenvalue weighted by Crippen LogP contribution is -2.13. The van der Waals surface area contributed by atoms with Crippen LogP contribution in [0.3, 0.4) is 0 Å². The number of hydrogen-bond acceptors (Lipinski definition) is 5. The summed E-state index contributed by atoms with van der Waals surface area (Å²) < 4.78 is 46.4. The minimum atomic E-state index is -4.60. The monoisotopic (exact) mass is 345 g/mol. The Balaban J connectivity index is 1.96. The summed E-state index contributed by atoms with van der Waals surface area (Å²) in [5.41, 5.74) is 0.0163. The van der Waals surface area contributed by atoms with Crippen LogP contribution in [0.15, 0.2) is 46.9 Å². The molecule has 4 rings (SSSR count). The van der Waals surface area contributed by atoms with Crippen molar-refractivity contribution in [3.8, 4) is 22.8 Å². The van der Waals surface area contributed by atoms with E-state index in [-0.39, 0.29) is 22.9 Å². The zero-order valence-corrected chi connectivity index (χ0v) is 12.8. The van der Waals surface area contributed by atoms with Gasteiger partial charge >= 0.3 is 6.18 Å². The average Bonchev–Trinajstić information content (AvgIpc) is 3.19. The lowest BCUT2D eigenvalue weighted by Gasteiger charge is -2.10. The molecular weight excluding hydrogens is 335 g/mol. The van der Waals surface area contributed by atoms with Crippen molar-refractivity contribution in [2.24, 2.45) is 0 Å². The van der Waals surface area contributed by atoms with Crippen LogP contribution in [0.2, 0.25) is 0 Å². The van der Waals surface area contributed by atoms with Crippen molar-refractivity contribution in [3.05, 3.63) is 54.0 Å². The summed E-state index contributed by atoms with van der Waals surface area (Å²) in [4.78, 5) is 4.28. The third-order valence-corrected chi connectivity index (χ3v) is 3.53. The highest BCUT2D eigenvalue weighted by Gasteiger charge is 2.35. The van der Waals surface area contributed by atoms with Crippen LogP contribution in [0.1, 0.15) is 11.6 Å². The molecule has 0 aliphatic heterocycles. The number of hydrogen-bond donors (Lipinski definition) is 0. The minimum Gasteiger partial charge on any atom is -0.420 e. The van der Waals surface area contributed by atoms with E-state index in [1.165, 1.54) is 6.07 Å². The molecule has 3 heterocycles. The Bertz CT molecular complexity index is 1050. The lowest BCUT2D eigenvalue weighted by atomic mass is 10.1. The second kappa shape index (κ2) is 5.40. The Hall–Kier alpha value is -3.23. The quantitative estimate of drug-likeness (QED) is 0.553. The van der Waals surface area contributed by atoms with E-state index < -0.39 is 11.9 Å². The Morgan fingerprint density at radius 1 is 1.00 bits per heavy atom. The van der Waals surface area contributed by atoms with Crippen molar-refractivity contribution in [3.63, 3.8) is 0 Å². The van der Waals surface area contributed by atoms with Crippen LogP contribution < -0.4 is 0 Å². The first-order chi connectivity index (χ1) is 11.9. The van der Waals surface area contributed by atoms with Crippen molar-refractivity contribution >= 4 is 5.65 Å². The molecule has 9 heteroatoms. The fourth-order valence-electron chi connectivity index (χ4n) is 2.44. The van der Waals surface area contributed by atoms with E-state index in [2.05, 4.69) is 20.3 Å². The molecule has 0 radical (unpaired) electrons. The second-order valence-electron chi connectivity index (χ2n) is 5.32. The van der Waals surface area contributed by atoms with Gasteiger partial charge in [-0.1, -0.05) is 30.3 Å². The maximum atomic E-state index is 13.5. The summed E-state index contributed by atoms with van der Waals surface area (Å²) in [5.74, 6) is 0.332. The molecule has 3 aromatic heterocycles. The highest BCUT2D eigenvalue weighted by Crippen LogP contribution is 2.33. The third kappa shape index (κ3) is 2.73. The molecular formula is C16H10F3N5O. The number of halogens is 3. The Morgan fingerprint density at radius 3 is 2.40 bits per heavy atom. The second-order valence-corrected chi connectivity index (χ2v) is 5.32. The highest BCUT2D eigenvalue weighted by atomic mass is 19.4. The number of rotatable bonds is 2. The number of aryl methyl sites for hydroxylation is 1. The fraction of sp³-hybridized carbons (Fsp3) is 0.125. The first kappa shape index (κ1) is 15.3. The summed E-state index contributed by atoms with van der Waals surface area (Å²) >= 11 is 0. The van der Waals surface area contributed by atoms with Crippen LogP contribution in [-0.4, -0.2) is 24.8 Å². The molecule has 0 N–H and O–H groups in total. The van der Waals surface area contributed by atoms with E-state index in [0.717, 1.165) is 10.6 Å². The van der Waals surface area contributed by atoms with Crippen LogP contribution in [0.5, 0.6) is 0 Å². The third-order valence-electron chi connectivity index (χ3n) is 3.53. The molecule has 0 unspecified atom stereocenters. The van der Waals surface area contributed by atoms with Gasteiger partial charge in [0.05, 0.1) is 5.69 Å². The molecule has 25 heavy (non-hydrogen) atoms. The van der Waals surface area contributed by atoms with E-state index in [1.807, 2.05) is 0 Å². The Labute approximate surface area is 139 Å². The predicted octanol–water partition coefficient (Wildman–Crippen LogP) is 3.77. The van der Waals surface area contributed by atoms with Crippen molar-refractivity contribution in [1.29, 1.82) is 0 Å². The number of aromatic nitrogens is 5. The van der Waals surface area contributed by atoms with E-state index in [0.29, 0.717) is 11.5 Å². The van der Waals surface area contributed by atoms with Crippen LogP contribution >= 0.6 is 0 Å². The van der Waals surface area contributed by atoms with Crippen LogP contribution in [-0.2, 0) is 6.18 Å². The SMILES string of the molecule is Cc1nnc(-c2cc3nc(-c4ccccc4)cc(C(F)(F)F)n3n2)o1. The molecule has 0 spiro atoms. The van der Waals surface area contributed by atoms with Gasteiger partial charge in [-0.15, -0.1) is 10.2 Å². The van der Waals surface area contributed by atoms with E-state index in [1.54, 1.807) is 37.3 Å². The smallest absolute Gasteiger partial charge is 0.420 e. The normalized spacial score (nSPS) is 12.0. The van der Waals surface area contributed by atoms with E-state index in [4.69, 9.17) is 4.42 Å². The number of nitrogens with zero attached hydrogens (tertiary/aromatic N) is 5. The summed E-state index contributed by atoms with van der Waals surface area (Å²) in [6, 6.07) is 11.0. The zero-order valence-electron chi connectivity index (χ0n) is 12.8. The molecule has 4 aromatic rings. The van der Waals surface area contributed by atoms with Gasteiger partial charge in [0.15, 0.2) is 17.0 Å². The summed E-state index contributed by atoms with van der Waals surface area (Å²) in [6.45, 7) is 1.58. The first-order valence-corrected chi connectivity index (χ1v) is 7.26. The largest absolute Gasteiger partial charge is 0.433 e. The Morgan fingerprint density at radius 2 is 1.76 bits per heavy atom. The van der Waals surface area contributed by atoms with Crippen LogP contribution in [0.4, 0.5) is 13.2 Å². The maximum absolute atomic E-state index is 13.5. The standard InChI is InChI=1S/C16H10F3N5O/c1-9-21-22-15(25-9)12-8-14-20-11(10-5-3-2-4-6-10)7-13(16(17,18)19)24(14)23-12/h2-8H,1H3. The van der Waals surface area contributed by atoms with Gasteiger partial charge in [-0.2, -0.15) is 18.3 Å². The molecule has 0 bridgehead atoms. The van der Waals surface area contributed by atoms with Crippen LogP contribution in [0.25, 0.3) is 28.5 Å². The number of benzene rings is 1. The predicted molar refractivity (Wildman–Crippen MR) is 81.5 cm³/mol. The highest BCUT2D eigenvalue weighted by molar-refractivity contribution is 5.65. The van der Waals surface area contributed by atoms with Gasteiger partial charge in [0.2, 0.25) is 5.89 Å².